The van der Waals surface area contributed by atoms with Crippen LogP contribution in [0.1, 0.15) is 19.4 Å². The fourth-order valence-corrected chi connectivity index (χ4v) is 1.67. The van der Waals surface area contributed by atoms with Crippen LogP contribution in [0.3, 0.4) is 0 Å². The van der Waals surface area contributed by atoms with Crippen molar-refractivity contribution in [2.45, 2.75) is 19.4 Å². The van der Waals surface area contributed by atoms with E-state index < -0.39 is 0 Å². The van der Waals surface area contributed by atoms with Crippen molar-refractivity contribution in [3.63, 3.8) is 0 Å². The first-order valence-electron chi connectivity index (χ1n) is 5.69. The first-order chi connectivity index (χ1) is 8.31. The van der Waals surface area contributed by atoms with Crippen molar-refractivity contribution in [3.05, 3.63) is 36.9 Å². The molecule has 90 valence electrons. The molecule has 17 heavy (non-hydrogen) atoms. The average Bonchev–Trinajstić information content (AvgIpc) is 2.86. The fourth-order valence-electron chi connectivity index (χ4n) is 1.67. The van der Waals surface area contributed by atoms with E-state index in [1.54, 1.807) is 6.20 Å². The Hall–Kier alpha value is -1.72. The van der Waals surface area contributed by atoms with Crippen molar-refractivity contribution < 1.29 is 0 Å². The van der Waals surface area contributed by atoms with Crippen LogP contribution >= 0.6 is 0 Å². The van der Waals surface area contributed by atoms with E-state index in [0.717, 1.165) is 24.4 Å². The number of aromatic nitrogens is 3. The van der Waals surface area contributed by atoms with Gasteiger partial charge in [-0.15, -0.1) is 0 Å². The molecule has 0 amide bonds. The lowest BCUT2D eigenvalue weighted by molar-refractivity contribution is 0.487. The maximum atomic E-state index is 5.27. The van der Waals surface area contributed by atoms with Gasteiger partial charge in [0.05, 0.1) is 12.0 Å². The van der Waals surface area contributed by atoms with E-state index in [4.69, 9.17) is 5.84 Å². The summed E-state index contributed by atoms with van der Waals surface area (Å²) in [5.74, 6) is 5.27. The standard InChI is InChI=1S/C12H17N5/c1-10(5-7-16-13)17-8-12(15-9-17)11-4-2-3-6-14-11/h2-4,6,8-10,16H,5,7,13H2,1H3/t10-/m1/s1. The zero-order valence-electron chi connectivity index (χ0n) is 9.87. The zero-order chi connectivity index (χ0) is 12.1. The highest BCUT2D eigenvalue weighted by Gasteiger charge is 2.07. The molecule has 0 spiro atoms. The molecule has 0 radical (unpaired) electrons. The van der Waals surface area contributed by atoms with Gasteiger partial charge in [-0.2, -0.15) is 0 Å². The molecule has 0 fully saturated rings. The summed E-state index contributed by atoms with van der Waals surface area (Å²) in [6.07, 6.45) is 6.60. The Bertz CT molecular complexity index is 451. The molecule has 0 aliphatic carbocycles. The minimum absolute atomic E-state index is 0.371. The third-order valence-corrected chi connectivity index (χ3v) is 2.74. The van der Waals surface area contributed by atoms with E-state index in [1.165, 1.54) is 0 Å². The molecule has 1 atom stereocenters. The van der Waals surface area contributed by atoms with Crippen molar-refractivity contribution in [1.29, 1.82) is 0 Å². The summed E-state index contributed by atoms with van der Waals surface area (Å²) >= 11 is 0. The summed E-state index contributed by atoms with van der Waals surface area (Å²) < 4.78 is 2.08. The lowest BCUT2D eigenvalue weighted by atomic mass is 10.2. The van der Waals surface area contributed by atoms with Gasteiger partial charge in [-0.1, -0.05) is 6.07 Å². The second-order valence-corrected chi connectivity index (χ2v) is 4.01. The van der Waals surface area contributed by atoms with Crippen LogP contribution in [0.25, 0.3) is 11.4 Å². The maximum absolute atomic E-state index is 5.27. The van der Waals surface area contributed by atoms with Gasteiger partial charge in [0, 0.05) is 25.0 Å². The number of hydrogen-bond donors (Lipinski definition) is 2. The number of nitrogens with one attached hydrogen (secondary N) is 1. The number of hydrazine groups is 1. The van der Waals surface area contributed by atoms with Crippen LogP contribution in [0, 0.1) is 0 Å². The van der Waals surface area contributed by atoms with Crippen LogP contribution < -0.4 is 11.3 Å². The van der Waals surface area contributed by atoms with E-state index in [9.17, 15) is 0 Å². The smallest absolute Gasteiger partial charge is 0.107 e. The molecule has 2 heterocycles. The van der Waals surface area contributed by atoms with E-state index in [2.05, 4.69) is 26.9 Å². The predicted octanol–water partition coefficient (Wildman–Crippen LogP) is 1.36. The van der Waals surface area contributed by atoms with Gasteiger partial charge in [-0.05, 0) is 25.5 Å². The Balaban J connectivity index is 2.11. The number of pyridine rings is 1. The molecule has 0 saturated heterocycles. The van der Waals surface area contributed by atoms with Crippen LogP contribution in [-0.2, 0) is 0 Å². The largest absolute Gasteiger partial charge is 0.334 e. The number of nitrogens with two attached hydrogens (primary N) is 1. The molecule has 2 rings (SSSR count). The van der Waals surface area contributed by atoms with Gasteiger partial charge in [0.25, 0.3) is 0 Å². The summed E-state index contributed by atoms with van der Waals surface area (Å²) in [6.45, 7) is 2.93. The minimum atomic E-state index is 0.371. The molecule has 5 nitrogen and oxygen atoms in total. The van der Waals surface area contributed by atoms with Crippen molar-refractivity contribution in [1.82, 2.24) is 20.0 Å². The molecule has 5 heteroatoms. The summed E-state index contributed by atoms with van der Waals surface area (Å²) in [5, 5.41) is 0. The first kappa shape index (κ1) is 11.8. The fraction of sp³-hybridized carbons (Fsp3) is 0.333. The van der Waals surface area contributed by atoms with E-state index >= 15 is 0 Å². The highest BCUT2D eigenvalue weighted by molar-refractivity contribution is 5.52. The number of imidazole rings is 1. The Morgan fingerprint density at radius 2 is 2.24 bits per heavy atom. The maximum Gasteiger partial charge on any atom is 0.107 e. The van der Waals surface area contributed by atoms with Crippen molar-refractivity contribution in [3.8, 4) is 11.4 Å². The quantitative estimate of drug-likeness (QED) is 0.602. The highest BCUT2D eigenvalue weighted by Crippen LogP contribution is 2.17. The van der Waals surface area contributed by atoms with Gasteiger partial charge in [0.2, 0.25) is 0 Å². The van der Waals surface area contributed by atoms with Crippen molar-refractivity contribution in [2.24, 2.45) is 5.84 Å². The zero-order valence-corrected chi connectivity index (χ0v) is 9.87. The molecular formula is C12H17N5. The Morgan fingerprint density at radius 3 is 2.94 bits per heavy atom. The summed E-state index contributed by atoms with van der Waals surface area (Å²) in [7, 11) is 0. The number of nitrogens with zero attached hydrogens (tertiary/aromatic N) is 3. The third-order valence-electron chi connectivity index (χ3n) is 2.74. The van der Waals surface area contributed by atoms with Gasteiger partial charge in [0.15, 0.2) is 0 Å². The van der Waals surface area contributed by atoms with Crippen LogP contribution in [0.4, 0.5) is 0 Å². The van der Waals surface area contributed by atoms with Crippen molar-refractivity contribution in [2.75, 3.05) is 6.54 Å². The molecule has 0 saturated carbocycles. The summed E-state index contributed by atoms with van der Waals surface area (Å²) in [5.41, 5.74) is 4.46. The molecule has 2 aromatic heterocycles. The van der Waals surface area contributed by atoms with Crippen LogP contribution in [-0.4, -0.2) is 21.1 Å². The molecule has 0 aliphatic rings. The first-order valence-corrected chi connectivity index (χ1v) is 5.69. The summed E-state index contributed by atoms with van der Waals surface area (Å²) in [6, 6.07) is 6.19. The van der Waals surface area contributed by atoms with Gasteiger partial charge >= 0.3 is 0 Å². The summed E-state index contributed by atoms with van der Waals surface area (Å²) in [4.78, 5) is 8.64. The molecule has 0 unspecified atom stereocenters. The van der Waals surface area contributed by atoms with Crippen molar-refractivity contribution >= 4 is 0 Å². The van der Waals surface area contributed by atoms with Crippen LogP contribution in [0.15, 0.2) is 36.9 Å². The molecule has 0 bridgehead atoms. The topological polar surface area (TPSA) is 68.8 Å². The lowest BCUT2D eigenvalue weighted by Gasteiger charge is -2.11. The second-order valence-electron chi connectivity index (χ2n) is 4.01. The molecule has 0 aromatic carbocycles. The predicted molar refractivity (Wildman–Crippen MR) is 67.0 cm³/mol. The van der Waals surface area contributed by atoms with Gasteiger partial charge in [0.1, 0.15) is 5.69 Å². The molecule has 3 N–H and O–H groups in total. The lowest BCUT2D eigenvalue weighted by Crippen LogP contribution is -2.24. The van der Waals surface area contributed by atoms with Crippen LogP contribution in [0.2, 0.25) is 0 Å². The molecular weight excluding hydrogens is 214 g/mol. The molecule has 0 aliphatic heterocycles. The SMILES string of the molecule is C[C@H](CCNN)n1cnc(-c2ccccn2)c1. The number of hydrogen-bond acceptors (Lipinski definition) is 4. The Morgan fingerprint density at radius 1 is 1.35 bits per heavy atom. The Labute approximate surface area is 101 Å². The third kappa shape index (κ3) is 2.89. The molecule has 2 aromatic rings. The highest BCUT2D eigenvalue weighted by atomic mass is 15.2. The minimum Gasteiger partial charge on any atom is -0.334 e. The van der Waals surface area contributed by atoms with Gasteiger partial charge in [-0.25, -0.2) is 4.98 Å². The van der Waals surface area contributed by atoms with E-state index in [-0.39, 0.29) is 0 Å². The van der Waals surface area contributed by atoms with E-state index in [1.807, 2.05) is 30.7 Å². The average molecular weight is 231 g/mol. The van der Waals surface area contributed by atoms with E-state index in [0.29, 0.717) is 6.04 Å². The normalized spacial score (nSPS) is 12.6. The van der Waals surface area contributed by atoms with Gasteiger partial charge in [-0.3, -0.25) is 16.3 Å². The Kier molecular flexibility index (Phi) is 3.85. The van der Waals surface area contributed by atoms with Gasteiger partial charge < -0.3 is 4.57 Å². The number of rotatable bonds is 5. The second kappa shape index (κ2) is 5.56. The van der Waals surface area contributed by atoms with Crippen LogP contribution in [0.5, 0.6) is 0 Å². The monoisotopic (exact) mass is 231 g/mol.